The lowest BCUT2D eigenvalue weighted by atomic mass is 9.89. The van der Waals surface area contributed by atoms with Gasteiger partial charge in [-0.25, -0.2) is 9.10 Å². The van der Waals surface area contributed by atoms with Crippen LogP contribution < -0.4 is 0 Å². The van der Waals surface area contributed by atoms with E-state index in [4.69, 9.17) is 5.26 Å². The van der Waals surface area contributed by atoms with Crippen LogP contribution in [0, 0.1) is 5.92 Å². The van der Waals surface area contributed by atoms with E-state index in [0.29, 0.717) is 6.42 Å². The van der Waals surface area contributed by atoms with Crippen LogP contribution in [0.15, 0.2) is 0 Å². The molecule has 0 amide bonds. The fourth-order valence-electron chi connectivity index (χ4n) is 2.43. The zero-order valence-electron chi connectivity index (χ0n) is 11.9. The molecule has 0 aromatic heterocycles. The van der Waals surface area contributed by atoms with Crippen LogP contribution in [0.4, 0.5) is 0 Å². The molecule has 0 aromatic carbocycles. The Labute approximate surface area is 109 Å². The summed E-state index contributed by atoms with van der Waals surface area (Å²) in [5, 5.41) is 8.39. The Morgan fingerprint density at radius 2 is 1.82 bits per heavy atom. The van der Waals surface area contributed by atoms with Gasteiger partial charge < -0.3 is 4.89 Å². The van der Waals surface area contributed by atoms with Gasteiger partial charge in [-0.2, -0.15) is 5.26 Å². The van der Waals surface area contributed by atoms with Crippen molar-refractivity contribution in [1.82, 2.24) is 4.31 Å². The molecule has 0 fully saturated rings. The van der Waals surface area contributed by atoms with Gasteiger partial charge in [0.05, 0.1) is 5.92 Å². The predicted octanol–water partition coefficient (Wildman–Crippen LogP) is 3.19. The van der Waals surface area contributed by atoms with Crippen molar-refractivity contribution in [3.8, 4) is 0 Å². The molecular formula is C12H25NO3S. The van der Waals surface area contributed by atoms with Crippen LogP contribution in [0.25, 0.3) is 0 Å². The first-order valence-electron chi connectivity index (χ1n) is 5.76. The molecule has 0 aromatic rings. The average molecular weight is 263 g/mol. The van der Waals surface area contributed by atoms with E-state index in [1.807, 2.05) is 6.26 Å². The molecule has 0 radical (unpaired) electrons. The fraction of sp³-hybridized carbons (Fsp3) is 0.917. The second kappa shape index (κ2) is 6.07. The number of carbonyl (C=O) groups excluding carboxylic acids is 1. The zero-order valence-corrected chi connectivity index (χ0v) is 12.7. The van der Waals surface area contributed by atoms with Crippen molar-refractivity contribution in [2.45, 2.75) is 59.0 Å². The van der Waals surface area contributed by atoms with E-state index in [-0.39, 0.29) is 17.0 Å². The van der Waals surface area contributed by atoms with E-state index in [0.717, 1.165) is 0 Å². The largest absolute Gasteiger partial charge is 0.344 e. The zero-order chi connectivity index (χ0) is 13.9. The second-order valence-electron chi connectivity index (χ2n) is 5.98. The van der Waals surface area contributed by atoms with Crippen molar-refractivity contribution < 1.29 is 14.9 Å². The van der Waals surface area contributed by atoms with Crippen LogP contribution >= 0.6 is 11.9 Å². The van der Waals surface area contributed by atoms with Crippen LogP contribution in [0.1, 0.15) is 48.0 Å². The first-order chi connectivity index (χ1) is 7.56. The summed E-state index contributed by atoms with van der Waals surface area (Å²) in [6.45, 7) is 12.4. The third-order valence-corrected chi connectivity index (χ3v) is 4.05. The van der Waals surface area contributed by atoms with Gasteiger partial charge in [-0.1, -0.05) is 18.9 Å². The highest BCUT2D eigenvalue weighted by atomic mass is 32.2. The summed E-state index contributed by atoms with van der Waals surface area (Å²) in [4.78, 5) is 15.0. The van der Waals surface area contributed by atoms with E-state index in [2.05, 4.69) is 43.8 Å². The molecule has 0 aliphatic rings. The second-order valence-corrected chi connectivity index (χ2v) is 6.71. The van der Waals surface area contributed by atoms with Gasteiger partial charge in [0.25, 0.3) is 0 Å². The number of hydrogen-bond donors (Lipinski definition) is 1. The Morgan fingerprint density at radius 3 is 2.12 bits per heavy atom. The Kier molecular flexibility index (Phi) is 5.98. The molecular weight excluding hydrogens is 238 g/mol. The average Bonchev–Trinajstić information content (AvgIpc) is 2.13. The summed E-state index contributed by atoms with van der Waals surface area (Å²) in [5.41, 5.74) is -0.156. The molecule has 0 spiro atoms. The molecule has 1 unspecified atom stereocenters. The van der Waals surface area contributed by atoms with Crippen molar-refractivity contribution >= 4 is 17.9 Å². The minimum absolute atomic E-state index is 0.00571. The van der Waals surface area contributed by atoms with Crippen LogP contribution in [-0.2, 0) is 9.68 Å². The molecule has 0 saturated heterocycles. The van der Waals surface area contributed by atoms with Gasteiger partial charge in [-0.05, 0) is 47.3 Å². The molecule has 1 N–H and O–H groups in total. The van der Waals surface area contributed by atoms with Crippen LogP contribution in [0.3, 0.4) is 0 Å². The Hall–Kier alpha value is -0.260. The van der Waals surface area contributed by atoms with Crippen molar-refractivity contribution in [3.05, 3.63) is 0 Å². The van der Waals surface area contributed by atoms with Crippen molar-refractivity contribution in [1.29, 1.82) is 0 Å². The summed E-state index contributed by atoms with van der Waals surface area (Å²) < 4.78 is 2.27. The minimum atomic E-state index is -0.576. The number of hydrogen-bond acceptors (Lipinski definition) is 5. The van der Waals surface area contributed by atoms with E-state index in [1.165, 1.54) is 0 Å². The normalized spacial score (nSPS) is 14.9. The van der Waals surface area contributed by atoms with Crippen molar-refractivity contribution in [3.63, 3.8) is 0 Å². The predicted molar refractivity (Wildman–Crippen MR) is 71.7 cm³/mol. The highest BCUT2D eigenvalue weighted by molar-refractivity contribution is 7.96. The van der Waals surface area contributed by atoms with Gasteiger partial charge in [-0.3, -0.25) is 0 Å². The maximum Gasteiger partial charge on any atom is 0.344 e. The van der Waals surface area contributed by atoms with Gasteiger partial charge >= 0.3 is 5.97 Å². The SMILES string of the molecule is CSN(C(C)(C)C)C(C)(C)CC(C)C(=O)OO. The maximum absolute atomic E-state index is 11.3. The summed E-state index contributed by atoms with van der Waals surface area (Å²) in [5.74, 6) is -0.903. The van der Waals surface area contributed by atoms with Gasteiger partial charge in [0.2, 0.25) is 0 Å². The third-order valence-electron chi connectivity index (χ3n) is 2.64. The van der Waals surface area contributed by atoms with Crippen molar-refractivity contribution in [2.24, 2.45) is 5.92 Å². The van der Waals surface area contributed by atoms with Crippen LogP contribution in [0.5, 0.6) is 0 Å². The lowest BCUT2D eigenvalue weighted by molar-refractivity contribution is -0.239. The van der Waals surface area contributed by atoms with Gasteiger partial charge in [0.1, 0.15) is 0 Å². The Morgan fingerprint density at radius 1 is 1.35 bits per heavy atom. The van der Waals surface area contributed by atoms with Crippen molar-refractivity contribution in [2.75, 3.05) is 6.26 Å². The fourth-order valence-corrected chi connectivity index (χ4v) is 3.55. The topological polar surface area (TPSA) is 49.8 Å². The monoisotopic (exact) mass is 263 g/mol. The van der Waals surface area contributed by atoms with E-state index >= 15 is 0 Å². The molecule has 0 bridgehead atoms. The smallest absolute Gasteiger partial charge is 0.301 e. The molecule has 0 aliphatic heterocycles. The Balaban J connectivity index is 4.81. The van der Waals surface area contributed by atoms with Gasteiger partial charge in [0, 0.05) is 11.1 Å². The Bertz CT molecular complexity index is 261. The molecule has 4 nitrogen and oxygen atoms in total. The molecule has 0 saturated carbocycles. The molecule has 0 heterocycles. The number of rotatable bonds is 5. The first kappa shape index (κ1) is 16.7. The third kappa shape index (κ3) is 4.85. The highest BCUT2D eigenvalue weighted by Crippen LogP contribution is 2.35. The molecule has 102 valence electrons. The van der Waals surface area contributed by atoms with E-state index in [9.17, 15) is 4.79 Å². The minimum Gasteiger partial charge on any atom is -0.301 e. The summed E-state index contributed by atoms with van der Waals surface area (Å²) in [6.07, 6.45) is 2.66. The standard InChI is InChI=1S/C12H25NO3S/c1-9(10(14)16-15)8-12(5,6)13(17-7)11(2,3)4/h9,15H,8H2,1-7H3. The molecule has 5 heteroatoms. The van der Waals surface area contributed by atoms with Crippen LogP contribution in [0.2, 0.25) is 0 Å². The lowest BCUT2D eigenvalue weighted by Crippen LogP contribution is -2.50. The maximum atomic E-state index is 11.3. The molecule has 17 heavy (non-hydrogen) atoms. The first-order valence-corrected chi connectivity index (χ1v) is 6.94. The van der Waals surface area contributed by atoms with Gasteiger partial charge in [0.15, 0.2) is 0 Å². The number of nitrogens with zero attached hydrogens (tertiary/aromatic N) is 1. The summed E-state index contributed by atoms with van der Waals surface area (Å²) in [6, 6.07) is 0. The summed E-state index contributed by atoms with van der Waals surface area (Å²) >= 11 is 1.66. The van der Waals surface area contributed by atoms with Crippen LogP contribution in [-0.4, -0.2) is 32.9 Å². The number of carbonyl (C=O) groups is 1. The van der Waals surface area contributed by atoms with E-state index < -0.39 is 5.97 Å². The summed E-state index contributed by atoms with van der Waals surface area (Å²) in [7, 11) is 0. The molecule has 0 rings (SSSR count). The lowest BCUT2D eigenvalue weighted by Gasteiger charge is -2.46. The quantitative estimate of drug-likeness (QED) is 0.469. The van der Waals surface area contributed by atoms with E-state index in [1.54, 1.807) is 18.9 Å². The highest BCUT2D eigenvalue weighted by Gasteiger charge is 2.37. The molecule has 0 aliphatic carbocycles. The van der Waals surface area contributed by atoms with Gasteiger partial charge in [-0.15, -0.1) is 0 Å². The molecule has 1 atom stereocenters.